The number of rotatable bonds is 3. The summed E-state index contributed by atoms with van der Waals surface area (Å²) < 4.78 is 19.6. The number of hydrogen-bond donors (Lipinski definition) is 0. The summed E-state index contributed by atoms with van der Waals surface area (Å²) in [6.45, 7) is 2.24. The lowest BCUT2D eigenvalue weighted by molar-refractivity contribution is 0.0968. The minimum atomic E-state index is 0.194. The molecule has 2 atom stereocenters. The summed E-state index contributed by atoms with van der Waals surface area (Å²) in [5.41, 5.74) is 0. The summed E-state index contributed by atoms with van der Waals surface area (Å²) in [6, 6.07) is 0. The highest BCUT2D eigenvalue weighted by Crippen LogP contribution is 2.07. The first kappa shape index (κ1) is 12.1. The molecule has 2 aliphatic rings. The van der Waals surface area contributed by atoms with Crippen molar-refractivity contribution in [3.8, 4) is 0 Å². The van der Waals surface area contributed by atoms with Crippen molar-refractivity contribution < 1.29 is 18.9 Å². The summed E-state index contributed by atoms with van der Waals surface area (Å²) in [6.07, 6.45) is 7.49. The third-order valence-corrected chi connectivity index (χ3v) is 2.09. The largest absolute Gasteiger partial charge is 0.501 e. The molecule has 0 N–H and O–H groups in total. The predicted octanol–water partition coefficient (Wildman–Crippen LogP) is 1.34. The van der Waals surface area contributed by atoms with Crippen molar-refractivity contribution in [3.63, 3.8) is 0 Å². The van der Waals surface area contributed by atoms with Gasteiger partial charge in [0.25, 0.3) is 0 Å². The quantitative estimate of drug-likeness (QED) is 0.710. The van der Waals surface area contributed by atoms with E-state index in [-0.39, 0.29) is 6.10 Å². The fraction of sp³-hybridized carbons (Fsp3) is 0.636. The van der Waals surface area contributed by atoms with Crippen molar-refractivity contribution in [1.82, 2.24) is 0 Å². The molecule has 0 bridgehead atoms. The van der Waals surface area contributed by atoms with Crippen LogP contribution in [0, 0.1) is 5.92 Å². The van der Waals surface area contributed by atoms with Crippen LogP contribution in [0.25, 0.3) is 0 Å². The first-order valence-electron chi connectivity index (χ1n) is 4.95. The fourth-order valence-electron chi connectivity index (χ4n) is 1.21. The topological polar surface area (TPSA) is 36.9 Å². The molecule has 2 aliphatic heterocycles. The molecular formula is C11H18O4. The van der Waals surface area contributed by atoms with E-state index in [1.165, 1.54) is 0 Å². The van der Waals surface area contributed by atoms with Gasteiger partial charge in [0.1, 0.15) is 12.7 Å². The Bertz CT molecular complexity index is 213. The Morgan fingerprint density at radius 3 is 2.27 bits per heavy atom. The third-order valence-electron chi connectivity index (χ3n) is 2.09. The van der Waals surface area contributed by atoms with E-state index in [9.17, 15) is 0 Å². The van der Waals surface area contributed by atoms with E-state index >= 15 is 0 Å². The van der Waals surface area contributed by atoms with Crippen molar-refractivity contribution in [2.24, 2.45) is 5.92 Å². The van der Waals surface area contributed by atoms with Gasteiger partial charge in [-0.2, -0.15) is 0 Å². The normalized spacial score (nSPS) is 26.8. The minimum Gasteiger partial charge on any atom is -0.501 e. The molecular weight excluding hydrogens is 196 g/mol. The molecule has 0 spiro atoms. The van der Waals surface area contributed by atoms with E-state index in [2.05, 4.69) is 0 Å². The van der Waals surface area contributed by atoms with Crippen molar-refractivity contribution >= 4 is 0 Å². The summed E-state index contributed by atoms with van der Waals surface area (Å²) >= 11 is 0. The Kier molecular flexibility index (Phi) is 5.88. The molecule has 0 fully saturated rings. The van der Waals surface area contributed by atoms with E-state index in [0.29, 0.717) is 12.5 Å². The second-order valence-corrected chi connectivity index (χ2v) is 3.31. The van der Waals surface area contributed by atoms with Crippen molar-refractivity contribution in [1.29, 1.82) is 0 Å². The maximum atomic E-state index is 4.95. The lowest BCUT2D eigenvalue weighted by Crippen LogP contribution is -2.07. The zero-order chi connectivity index (χ0) is 10.9. The van der Waals surface area contributed by atoms with Gasteiger partial charge in [-0.15, -0.1) is 0 Å². The zero-order valence-corrected chi connectivity index (χ0v) is 9.22. The summed E-state index contributed by atoms with van der Waals surface area (Å²) in [4.78, 5) is 0. The van der Waals surface area contributed by atoms with Crippen LogP contribution in [0.4, 0.5) is 0 Å². The minimum absolute atomic E-state index is 0.194. The van der Waals surface area contributed by atoms with E-state index in [1.807, 2.05) is 12.2 Å². The fourth-order valence-corrected chi connectivity index (χ4v) is 1.21. The van der Waals surface area contributed by atoms with Gasteiger partial charge in [-0.3, -0.25) is 0 Å². The molecule has 2 unspecified atom stereocenters. The van der Waals surface area contributed by atoms with Crippen LogP contribution in [0.5, 0.6) is 0 Å². The molecule has 15 heavy (non-hydrogen) atoms. The molecule has 0 aromatic rings. The van der Waals surface area contributed by atoms with Crippen LogP contribution in [-0.4, -0.2) is 40.1 Å². The van der Waals surface area contributed by atoms with Gasteiger partial charge in [0.05, 0.1) is 25.7 Å². The molecule has 0 radical (unpaired) electrons. The Morgan fingerprint density at radius 2 is 1.87 bits per heavy atom. The predicted molar refractivity (Wildman–Crippen MR) is 56.3 cm³/mol. The number of methoxy groups -OCH3 is 2. The van der Waals surface area contributed by atoms with Gasteiger partial charge in [-0.1, -0.05) is 0 Å². The van der Waals surface area contributed by atoms with Crippen LogP contribution in [0.2, 0.25) is 0 Å². The summed E-state index contributed by atoms with van der Waals surface area (Å²) in [5, 5.41) is 0. The Morgan fingerprint density at radius 1 is 1.13 bits per heavy atom. The maximum Gasteiger partial charge on any atom is 0.117 e. The van der Waals surface area contributed by atoms with E-state index in [4.69, 9.17) is 18.9 Å². The number of hydrogen-bond acceptors (Lipinski definition) is 4. The Balaban J connectivity index is 0.000000151. The maximum absolute atomic E-state index is 4.95. The summed E-state index contributed by atoms with van der Waals surface area (Å²) in [5.74, 6) is 0.486. The van der Waals surface area contributed by atoms with Crippen LogP contribution >= 0.6 is 0 Å². The molecule has 4 nitrogen and oxygen atoms in total. The standard InChI is InChI=1S/C6H10O2.C5H8O2/c1-7-4-6-2-3-8-5-6;1-6-5-2-3-7-4-5/h2-3,6H,4-5H2,1H3;2-3,5H,4H2,1H3. The van der Waals surface area contributed by atoms with E-state index in [0.717, 1.165) is 13.2 Å². The third kappa shape index (κ3) is 4.85. The Labute approximate surface area is 90.5 Å². The van der Waals surface area contributed by atoms with E-state index < -0.39 is 0 Å². The molecule has 0 aromatic carbocycles. The van der Waals surface area contributed by atoms with Crippen LogP contribution in [0.15, 0.2) is 24.7 Å². The molecule has 0 saturated heterocycles. The molecule has 2 rings (SSSR count). The first-order valence-corrected chi connectivity index (χ1v) is 4.95. The van der Waals surface area contributed by atoms with Gasteiger partial charge in [-0.25, -0.2) is 0 Å². The lowest BCUT2D eigenvalue weighted by atomic mass is 10.2. The van der Waals surface area contributed by atoms with Crippen molar-refractivity contribution in [2.45, 2.75) is 6.10 Å². The SMILES string of the molecule is COC1C=COC1.COCC1C=COC1. The molecule has 0 aliphatic carbocycles. The highest BCUT2D eigenvalue weighted by molar-refractivity contribution is 4.89. The zero-order valence-electron chi connectivity index (χ0n) is 9.22. The van der Waals surface area contributed by atoms with Crippen molar-refractivity contribution in [2.75, 3.05) is 34.0 Å². The highest BCUT2D eigenvalue weighted by atomic mass is 16.5. The van der Waals surface area contributed by atoms with Gasteiger partial charge in [0.2, 0.25) is 0 Å². The second kappa shape index (κ2) is 7.31. The smallest absolute Gasteiger partial charge is 0.117 e. The molecule has 2 heterocycles. The number of ether oxygens (including phenoxy) is 4. The molecule has 4 heteroatoms. The monoisotopic (exact) mass is 214 g/mol. The van der Waals surface area contributed by atoms with Crippen LogP contribution < -0.4 is 0 Å². The van der Waals surface area contributed by atoms with Crippen LogP contribution in [0.3, 0.4) is 0 Å². The molecule has 86 valence electrons. The first-order chi connectivity index (χ1) is 7.36. The van der Waals surface area contributed by atoms with Gasteiger partial charge in [0, 0.05) is 20.1 Å². The molecule has 0 aromatic heterocycles. The van der Waals surface area contributed by atoms with Crippen LogP contribution in [0.1, 0.15) is 0 Å². The molecule has 0 amide bonds. The van der Waals surface area contributed by atoms with Gasteiger partial charge < -0.3 is 18.9 Å². The highest BCUT2D eigenvalue weighted by Gasteiger charge is 2.08. The van der Waals surface area contributed by atoms with Gasteiger partial charge in [-0.05, 0) is 12.2 Å². The summed E-state index contributed by atoms with van der Waals surface area (Å²) in [7, 11) is 3.37. The second-order valence-electron chi connectivity index (χ2n) is 3.31. The molecule has 0 saturated carbocycles. The Hall–Kier alpha value is -1.00. The average molecular weight is 214 g/mol. The van der Waals surface area contributed by atoms with Crippen molar-refractivity contribution in [3.05, 3.63) is 24.7 Å². The van der Waals surface area contributed by atoms with Gasteiger partial charge >= 0.3 is 0 Å². The van der Waals surface area contributed by atoms with Crippen LogP contribution in [-0.2, 0) is 18.9 Å². The van der Waals surface area contributed by atoms with E-state index in [1.54, 1.807) is 26.7 Å². The average Bonchev–Trinajstić information content (AvgIpc) is 2.91. The van der Waals surface area contributed by atoms with Gasteiger partial charge in [0.15, 0.2) is 0 Å². The lowest BCUT2D eigenvalue weighted by Gasteiger charge is -2.01.